The molecule has 118 valence electrons. The van der Waals surface area contributed by atoms with Gasteiger partial charge in [0.15, 0.2) is 0 Å². The van der Waals surface area contributed by atoms with Gasteiger partial charge in [0.25, 0.3) is 0 Å². The minimum Gasteiger partial charge on any atom is -0.337 e. The molecule has 0 aromatic heterocycles. The third-order valence-electron chi connectivity index (χ3n) is 4.28. The molecule has 1 aliphatic carbocycles. The first-order valence-corrected chi connectivity index (χ1v) is 8.12. The molecule has 1 unspecified atom stereocenters. The lowest BCUT2D eigenvalue weighted by molar-refractivity contribution is -0.134. The van der Waals surface area contributed by atoms with Gasteiger partial charge in [0.1, 0.15) is 6.29 Å². The number of amides is 1. The second-order valence-electron chi connectivity index (χ2n) is 5.77. The van der Waals surface area contributed by atoms with Gasteiger partial charge in [0.05, 0.1) is 5.92 Å². The molecule has 0 heterocycles. The second-order valence-corrected chi connectivity index (χ2v) is 6.17. The summed E-state index contributed by atoms with van der Waals surface area (Å²) in [5.41, 5.74) is 3.16. The maximum Gasteiger partial charge on any atom is 0.230 e. The maximum absolute atomic E-state index is 12.9. The van der Waals surface area contributed by atoms with E-state index >= 15 is 0 Å². The molecule has 0 radical (unpaired) electrons. The number of fused-ring (bicyclic) bond motifs is 1. The highest BCUT2D eigenvalue weighted by molar-refractivity contribution is 6.31. The number of aldehydes is 1. The molecule has 1 atom stereocenters. The fourth-order valence-electron chi connectivity index (χ4n) is 3.02. The van der Waals surface area contributed by atoms with Crippen molar-refractivity contribution in [1.29, 1.82) is 0 Å². The zero-order chi connectivity index (χ0) is 16.2. The van der Waals surface area contributed by atoms with Gasteiger partial charge in [-0.25, -0.2) is 0 Å². The van der Waals surface area contributed by atoms with Gasteiger partial charge in [0.2, 0.25) is 5.91 Å². The Morgan fingerprint density at radius 2 is 1.96 bits per heavy atom. The molecule has 0 saturated heterocycles. The monoisotopic (exact) mass is 327 g/mol. The number of nitrogens with zero attached hydrogens (tertiary/aromatic N) is 1. The normalized spacial score (nSPS) is 15.4. The molecule has 23 heavy (non-hydrogen) atoms. The quantitative estimate of drug-likeness (QED) is 0.760. The van der Waals surface area contributed by atoms with E-state index in [-0.39, 0.29) is 11.8 Å². The van der Waals surface area contributed by atoms with Gasteiger partial charge in [-0.1, -0.05) is 54.1 Å². The summed E-state index contributed by atoms with van der Waals surface area (Å²) < 4.78 is 0. The molecule has 1 amide bonds. The van der Waals surface area contributed by atoms with Gasteiger partial charge in [-0.15, -0.1) is 0 Å². The first-order chi connectivity index (χ1) is 11.2. The molecule has 0 aliphatic heterocycles. The lowest BCUT2D eigenvalue weighted by Crippen LogP contribution is -2.39. The van der Waals surface area contributed by atoms with Crippen LogP contribution < -0.4 is 0 Å². The molecule has 4 heteroatoms. The van der Waals surface area contributed by atoms with E-state index in [9.17, 15) is 9.59 Å². The number of hydrogen-bond acceptors (Lipinski definition) is 2. The number of halogens is 1. The highest BCUT2D eigenvalue weighted by Crippen LogP contribution is 2.40. The molecular formula is C19H18ClNO2. The Balaban J connectivity index is 1.77. The fourth-order valence-corrected chi connectivity index (χ4v) is 3.28. The zero-order valence-corrected chi connectivity index (χ0v) is 13.5. The summed E-state index contributed by atoms with van der Waals surface area (Å²) >= 11 is 6.16. The van der Waals surface area contributed by atoms with Crippen LogP contribution in [0, 0.1) is 0 Å². The second kappa shape index (κ2) is 6.97. The lowest BCUT2D eigenvalue weighted by atomic mass is 9.76. The van der Waals surface area contributed by atoms with Crippen molar-refractivity contribution in [1.82, 2.24) is 4.90 Å². The Kier molecular flexibility index (Phi) is 4.77. The first-order valence-electron chi connectivity index (χ1n) is 7.74. The Bertz CT molecular complexity index is 715. The molecule has 0 bridgehead atoms. The van der Waals surface area contributed by atoms with Crippen molar-refractivity contribution in [3.05, 3.63) is 70.2 Å². The van der Waals surface area contributed by atoms with Gasteiger partial charge in [-0.2, -0.15) is 0 Å². The molecule has 0 saturated carbocycles. The summed E-state index contributed by atoms with van der Waals surface area (Å²) in [7, 11) is 0. The summed E-state index contributed by atoms with van der Waals surface area (Å²) in [6, 6.07) is 15.5. The average Bonchev–Trinajstić information content (AvgIpc) is 2.54. The molecule has 2 aromatic rings. The third kappa shape index (κ3) is 3.30. The first kappa shape index (κ1) is 15.8. The van der Waals surface area contributed by atoms with Crippen LogP contribution in [0.25, 0.3) is 0 Å². The van der Waals surface area contributed by atoms with E-state index in [4.69, 9.17) is 11.6 Å². The predicted octanol–water partition coefficient (Wildman–Crippen LogP) is 3.60. The van der Waals surface area contributed by atoms with Gasteiger partial charge < -0.3 is 9.69 Å². The van der Waals surface area contributed by atoms with Crippen LogP contribution in [-0.2, 0) is 22.6 Å². The maximum atomic E-state index is 12.9. The van der Waals surface area contributed by atoms with E-state index in [1.807, 2.05) is 48.5 Å². The summed E-state index contributed by atoms with van der Waals surface area (Å²) in [5, 5.41) is 0.731. The van der Waals surface area contributed by atoms with Crippen molar-refractivity contribution < 1.29 is 9.59 Å². The molecule has 3 rings (SSSR count). The standard InChI is InChI=1S/C19H18ClNO2/c20-18-9-4-8-15-16(18)12-17(15)19(23)21(10-5-11-22)13-14-6-2-1-3-7-14/h1-4,6-9,11,17H,5,10,12-13H2. The van der Waals surface area contributed by atoms with Crippen LogP contribution in [0.3, 0.4) is 0 Å². The minimum atomic E-state index is -0.140. The SMILES string of the molecule is O=CCCN(Cc1ccccc1)C(=O)C1Cc2c(Cl)cccc21. The number of carbonyl (C=O) groups is 2. The van der Waals surface area contributed by atoms with E-state index in [2.05, 4.69) is 0 Å². The molecule has 0 N–H and O–H groups in total. The Labute approximate surface area is 140 Å². The highest BCUT2D eigenvalue weighted by Gasteiger charge is 2.36. The van der Waals surface area contributed by atoms with Crippen molar-refractivity contribution in [2.75, 3.05) is 6.54 Å². The molecule has 1 aliphatic rings. The number of carbonyl (C=O) groups excluding carboxylic acids is 2. The smallest absolute Gasteiger partial charge is 0.230 e. The van der Waals surface area contributed by atoms with Crippen LogP contribution in [0.15, 0.2) is 48.5 Å². The Morgan fingerprint density at radius 1 is 1.17 bits per heavy atom. The van der Waals surface area contributed by atoms with Crippen molar-refractivity contribution in [2.24, 2.45) is 0 Å². The number of benzene rings is 2. The Hall–Kier alpha value is -2.13. The van der Waals surface area contributed by atoms with E-state index < -0.39 is 0 Å². The van der Waals surface area contributed by atoms with Crippen molar-refractivity contribution in [3.8, 4) is 0 Å². The number of hydrogen-bond donors (Lipinski definition) is 0. The molecule has 2 aromatic carbocycles. The predicted molar refractivity (Wildman–Crippen MR) is 90.4 cm³/mol. The van der Waals surface area contributed by atoms with Crippen LogP contribution in [0.4, 0.5) is 0 Å². The summed E-state index contributed by atoms with van der Waals surface area (Å²) in [5.74, 6) is -0.0652. The van der Waals surface area contributed by atoms with E-state index in [1.165, 1.54) is 0 Å². The third-order valence-corrected chi connectivity index (χ3v) is 4.64. The number of rotatable bonds is 6. The van der Waals surface area contributed by atoms with Crippen molar-refractivity contribution in [2.45, 2.75) is 25.3 Å². The van der Waals surface area contributed by atoms with Crippen LogP contribution in [0.1, 0.15) is 29.0 Å². The van der Waals surface area contributed by atoms with Crippen LogP contribution in [0.2, 0.25) is 5.02 Å². The highest BCUT2D eigenvalue weighted by atomic mass is 35.5. The van der Waals surface area contributed by atoms with Gasteiger partial charge in [-0.05, 0) is 29.2 Å². The van der Waals surface area contributed by atoms with Gasteiger partial charge >= 0.3 is 0 Å². The molecule has 3 nitrogen and oxygen atoms in total. The van der Waals surface area contributed by atoms with E-state index in [0.717, 1.165) is 28.0 Å². The zero-order valence-electron chi connectivity index (χ0n) is 12.7. The fraction of sp³-hybridized carbons (Fsp3) is 0.263. The van der Waals surface area contributed by atoms with Crippen molar-refractivity contribution in [3.63, 3.8) is 0 Å². The summed E-state index contributed by atoms with van der Waals surface area (Å²) in [6.45, 7) is 0.976. The Morgan fingerprint density at radius 3 is 2.70 bits per heavy atom. The van der Waals surface area contributed by atoms with Crippen LogP contribution in [0.5, 0.6) is 0 Å². The van der Waals surface area contributed by atoms with Gasteiger partial charge in [0, 0.05) is 24.5 Å². The molecule has 0 spiro atoms. The van der Waals surface area contributed by atoms with E-state index in [0.29, 0.717) is 25.9 Å². The summed E-state index contributed by atoms with van der Waals surface area (Å²) in [6.07, 6.45) is 1.89. The van der Waals surface area contributed by atoms with Crippen LogP contribution >= 0.6 is 11.6 Å². The topological polar surface area (TPSA) is 37.4 Å². The lowest BCUT2D eigenvalue weighted by Gasteiger charge is -2.34. The van der Waals surface area contributed by atoms with Crippen molar-refractivity contribution >= 4 is 23.8 Å². The van der Waals surface area contributed by atoms with Gasteiger partial charge in [-0.3, -0.25) is 4.79 Å². The summed E-state index contributed by atoms with van der Waals surface area (Å²) in [4.78, 5) is 25.4. The molecular weight excluding hydrogens is 310 g/mol. The largest absolute Gasteiger partial charge is 0.337 e. The minimum absolute atomic E-state index is 0.0745. The average molecular weight is 328 g/mol. The van der Waals surface area contributed by atoms with Crippen LogP contribution in [-0.4, -0.2) is 23.6 Å². The van der Waals surface area contributed by atoms with E-state index in [1.54, 1.807) is 4.90 Å². The molecule has 0 fully saturated rings.